The lowest BCUT2D eigenvalue weighted by Crippen LogP contribution is -2.18. The van der Waals surface area contributed by atoms with Crippen molar-refractivity contribution in [3.05, 3.63) is 39.8 Å². The van der Waals surface area contributed by atoms with Crippen LogP contribution in [-0.4, -0.2) is 25.0 Å². The maximum Gasteiger partial charge on any atom is 0.261 e. The molecule has 0 spiro atoms. The second-order valence-electron chi connectivity index (χ2n) is 6.47. The highest BCUT2D eigenvalue weighted by Crippen LogP contribution is 2.35. The lowest BCUT2D eigenvalue weighted by Gasteiger charge is -2.13. The first-order valence-corrected chi connectivity index (χ1v) is 11.2. The van der Waals surface area contributed by atoms with Crippen LogP contribution in [-0.2, 0) is 9.05 Å². The minimum absolute atomic E-state index is 0.0171. The van der Waals surface area contributed by atoms with Crippen LogP contribution in [0.5, 0.6) is 5.75 Å². The number of H-pyrrole nitrogens is 1. The molecule has 3 rings (SSSR count). The van der Waals surface area contributed by atoms with Crippen molar-refractivity contribution in [2.24, 2.45) is 0 Å². The number of hydrogen-bond donors (Lipinski definition) is 2. The largest absolute Gasteiger partial charge is 0.493 e. The zero-order chi connectivity index (χ0) is 19.8. The molecule has 1 aliphatic heterocycles. The van der Waals surface area contributed by atoms with Gasteiger partial charge in [0.2, 0.25) is 0 Å². The summed E-state index contributed by atoms with van der Waals surface area (Å²) in [5, 5.41) is 3.38. The Morgan fingerprint density at radius 1 is 1.30 bits per heavy atom. The van der Waals surface area contributed by atoms with E-state index in [0.29, 0.717) is 29.2 Å². The van der Waals surface area contributed by atoms with Gasteiger partial charge in [-0.2, -0.15) is 0 Å². The molecule has 27 heavy (non-hydrogen) atoms. The van der Waals surface area contributed by atoms with Crippen molar-refractivity contribution in [1.29, 1.82) is 0 Å². The first-order chi connectivity index (χ1) is 12.8. The zero-order valence-electron chi connectivity index (χ0n) is 15.4. The highest BCUT2D eigenvalue weighted by Gasteiger charge is 2.32. The molecule has 2 aromatic rings. The first kappa shape index (κ1) is 19.9. The highest BCUT2D eigenvalue weighted by molar-refractivity contribution is 8.13. The molecule has 2 heterocycles. The molecule has 1 aromatic heterocycles. The van der Waals surface area contributed by atoms with E-state index in [0.717, 1.165) is 12.8 Å². The van der Waals surface area contributed by atoms with Crippen molar-refractivity contribution >= 4 is 19.7 Å². The first-order valence-electron chi connectivity index (χ1n) is 8.88. The molecule has 0 amide bonds. The van der Waals surface area contributed by atoms with Crippen molar-refractivity contribution in [3.8, 4) is 17.1 Å². The van der Waals surface area contributed by atoms with Gasteiger partial charge in [-0.3, -0.25) is 4.79 Å². The summed E-state index contributed by atoms with van der Waals surface area (Å²) in [5.41, 5.74) is 1.46. The van der Waals surface area contributed by atoms with E-state index in [1.807, 2.05) is 13.8 Å². The molecule has 7 nitrogen and oxygen atoms in total. The molecule has 0 aliphatic carbocycles. The maximum atomic E-state index is 12.7. The minimum Gasteiger partial charge on any atom is -0.493 e. The second kappa shape index (κ2) is 7.61. The number of aromatic amines is 1. The number of fused-ring (bicyclic) bond motifs is 1. The third kappa shape index (κ3) is 3.88. The van der Waals surface area contributed by atoms with Gasteiger partial charge in [0.15, 0.2) is 0 Å². The normalized spacial score (nSPS) is 19.1. The van der Waals surface area contributed by atoms with Gasteiger partial charge in [-0.25, -0.2) is 13.4 Å². The molecule has 0 bridgehead atoms. The van der Waals surface area contributed by atoms with E-state index in [4.69, 9.17) is 15.4 Å². The van der Waals surface area contributed by atoms with Crippen molar-refractivity contribution < 1.29 is 13.2 Å². The van der Waals surface area contributed by atoms with Crippen molar-refractivity contribution in [1.82, 2.24) is 15.3 Å². The average Bonchev–Trinajstić information content (AvgIpc) is 2.91. The number of halogens is 1. The maximum absolute atomic E-state index is 12.7. The number of nitrogens with one attached hydrogen (secondary N) is 2. The molecule has 0 saturated heterocycles. The van der Waals surface area contributed by atoms with Gasteiger partial charge in [-0.15, -0.1) is 0 Å². The Bertz CT molecular complexity index is 1020. The van der Waals surface area contributed by atoms with E-state index in [1.165, 1.54) is 18.2 Å². The Balaban J connectivity index is 2.21. The summed E-state index contributed by atoms with van der Waals surface area (Å²) in [5.74, 6) is 0.692. The molecule has 2 N–H and O–H groups in total. The van der Waals surface area contributed by atoms with Crippen molar-refractivity contribution in [2.45, 2.75) is 50.6 Å². The van der Waals surface area contributed by atoms with E-state index in [-0.39, 0.29) is 28.4 Å². The highest BCUT2D eigenvalue weighted by atomic mass is 35.7. The van der Waals surface area contributed by atoms with Crippen LogP contribution in [0.3, 0.4) is 0 Å². The van der Waals surface area contributed by atoms with Gasteiger partial charge in [0.1, 0.15) is 11.6 Å². The second-order valence-corrected chi connectivity index (χ2v) is 9.04. The van der Waals surface area contributed by atoms with Gasteiger partial charge in [-0.1, -0.05) is 13.3 Å². The fourth-order valence-corrected chi connectivity index (χ4v) is 4.19. The van der Waals surface area contributed by atoms with Gasteiger partial charge < -0.3 is 15.0 Å². The molecule has 0 radical (unpaired) electrons. The van der Waals surface area contributed by atoms with Gasteiger partial charge in [0.25, 0.3) is 14.6 Å². The standard InChI is InChI=1S/C18H22ClN3O4S/c1-4-6-13-16-15(10(3)20-13)18(23)22-17(21-16)12-9-11(27(19,24)25)7-8-14(12)26-5-2/h7-10,13,20H,4-6H2,1-3H3,(H,21,22,23). The van der Waals surface area contributed by atoms with Gasteiger partial charge in [-0.05, 0) is 38.5 Å². The summed E-state index contributed by atoms with van der Waals surface area (Å²) in [6.45, 7) is 6.20. The fraction of sp³-hybridized carbons (Fsp3) is 0.444. The number of hydrogen-bond acceptors (Lipinski definition) is 6. The number of nitrogens with zero attached hydrogens (tertiary/aromatic N) is 1. The summed E-state index contributed by atoms with van der Waals surface area (Å²) >= 11 is 0. The number of benzene rings is 1. The van der Waals surface area contributed by atoms with Crippen LogP contribution in [0.25, 0.3) is 11.4 Å². The third-order valence-electron chi connectivity index (χ3n) is 4.56. The van der Waals surface area contributed by atoms with Crippen LogP contribution >= 0.6 is 10.7 Å². The molecule has 1 aliphatic rings. The molecule has 9 heteroatoms. The Morgan fingerprint density at radius 3 is 2.67 bits per heavy atom. The quantitative estimate of drug-likeness (QED) is 0.707. The summed E-state index contributed by atoms with van der Waals surface area (Å²) in [6.07, 6.45) is 1.79. The van der Waals surface area contributed by atoms with Crippen molar-refractivity contribution in [2.75, 3.05) is 6.61 Å². The van der Waals surface area contributed by atoms with Crippen LogP contribution in [0.4, 0.5) is 0 Å². The molecular formula is C18H22ClN3O4S. The smallest absolute Gasteiger partial charge is 0.261 e. The average molecular weight is 412 g/mol. The van der Waals surface area contributed by atoms with Gasteiger partial charge >= 0.3 is 0 Å². The topological polar surface area (TPSA) is 101 Å². The van der Waals surface area contributed by atoms with Gasteiger partial charge in [0.05, 0.1) is 34.4 Å². The zero-order valence-corrected chi connectivity index (χ0v) is 16.9. The molecule has 1 aromatic carbocycles. The van der Waals surface area contributed by atoms with E-state index < -0.39 is 9.05 Å². The Kier molecular flexibility index (Phi) is 5.60. The van der Waals surface area contributed by atoms with Crippen LogP contribution in [0.2, 0.25) is 0 Å². The predicted octanol–water partition coefficient (Wildman–Crippen LogP) is 3.27. The predicted molar refractivity (Wildman–Crippen MR) is 104 cm³/mol. The van der Waals surface area contributed by atoms with Crippen LogP contribution in [0, 0.1) is 0 Å². The van der Waals surface area contributed by atoms with Crippen molar-refractivity contribution in [3.63, 3.8) is 0 Å². The number of ether oxygens (including phenoxy) is 1. The Morgan fingerprint density at radius 2 is 2.04 bits per heavy atom. The lowest BCUT2D eigenvalue weighted by atomic mass is 10.1. The molecule has 146 valence electrons. The van der Waals surface area contributed by atoms with Crippen LogP contribution in [0.15, 0.2) is 27.9 Å². The van der Waals surface area contributed by atoms with E-state index in [1.54, 1.807) is 0 Å². The summed E-state index contributed by atoms with van der Waals surface area (Å²) in [6, 6.07) is 4.15. The monoisotopic (exact) mass is 411 g/mol. The summed E-state index contributed by atoms with van der Waals surface area (Å²) in [7, 11) is 1.55. The molecular weight excluding hydrogens is 390 g/mol. The van der Waals surface area contributed by atoms with E-state index in [9.17, 15) is 13.2 Å². The number of aromatic nitrogens is 2. The summed E-state index contributed by atoms with van der Waals surface area (Å²) in [4.78, 5) is 20.0. The van der Waals surface area contributed by atoms with Gasteiger partial charge in [0, 0.05) is 16.7 Å². The van der Waals surface area contributed by atoms with E-state index in [2.05, 4.69) is 22.2 Å². The molecule has 0 fully saturated rings. The molecule has 0 saturated carbocycles. The Labute approximate surface area is 162 Å². The third-order valence-corrected chi connectivity index (χ3v) is 5.92. The number of rotatable bonds is 6. The summed E-state index contributed by atoms with van der Waals surface area (Å²) < 4.78 is 29.1. The lowest BCUT2D eigenvalue weighted by molar-refractivity contribution is 0.341. The minimum atomic E-state index is -3.93. The SMILES string of the molecule is CCCC1NC(C)c2c1nc(-c1cc(S(=O)(=O)Cl)ccc1OCC)[nH]c2=O. The van der Waals surface area contributed by atoms with E-state index >= 15 is 0 Å². The Hall–Kier alpha value is -1.90. The molecule has 2 unspecified atom stereocenters. The van der Waals surface area contributed by atoms with Crippen LogP contribution in [0.1, 0.15) is 57.0 Å². The molecule has 2 atom stereocenters. The fourth-order valence-electron chi connectivity index (χ4n) is 3.41. The van der Waals surface area contributed by atoms with Crippen LogP contribution < -0.4 is 15.6 Å².